The maximum atomic E-state index is 11.1. The topological polar surface area (TPSA) is 41.1 Å². The van der Waals surface area contributed by atoms with Crippen LogP contribution in [0.2, 0.25) is 0 Å². The van der Waals surface area contributed by atoms with Crippen LogP contribution in [0.1, 0.15) is 20.3 Å². The molecule has 0 heterocycles. The van der Waals surface area contributed by atoms with Crippen molar-refractivity contribution in [3.05, 3.63) is 0 Å². The predicted octanol–water partition coefficient (Wildman–Crippen LogP) is 0.854. The molecule has 0 saturated heterocycles. The van der Waals surface area contributed by atoms with Crippen molar-refractivity contribution in [2.45, 2.75) is 25.5 Å². The van der Waals surface area contributed by atoms with Gasteiger partial charge in [-0.25, -0.2) is 0 Å². The van der Waals surface area contributed by atoms with E-state index in [0.717, 1.165) is 19.5 Å². The molecule has 0 radical (unpaired) electrons. The lowest BCUT2D eigenvalue weighted by Gasteiger charge is -2.09. The molecular formula is C9H20N2OS. The van der Waals surface area contributed by atoms with Crippen molar-refractivity contribution in [2.24, 2.45) is 0 Å². The molecular weight excluding hydrogens is 184 g/mol. The van der Waals surface area contributed by atoms with Crippen LogP contribution in [0.4, 0.5) is 0 Å². The fraction of sp³-hybridized carbons (Fsp3) is 0.889. The molecule has 1 amide bonds. The van der Waals surface area contributed by atoms with E-state index < -0.39 is 0 Å². The van der Waals surface area contributed by atoms with Gasteiger partial charge in [0.15, 0.2) is 0 Å². The largest absolute Gasteiger partial charge is 0.355 e. The third-order valence-electron chi connectivity index (χ3n) is 1.69. The highest BCUT2D eigenvalue weighted by atomic mass is 32.2. The second-order valence-electron chi connectivity index (χ2n) is 3.03. The molecule has 1 unspecified atom stereocenters. The van der Waals surface area contributed by atoms with Crippen LogP contribution >= 0.6 is 11.8 Å². The fourth-order valence-corrected chi connectivity index (χ4v) is 1.08. The molecule has 3 nitrogen and oxygen atoms in total. The predicted molar refractivity (Wildman–Crippen MR) is 59.1 cm³/mol. The molecule has 0 aromatic carbocycles. The molecule has 0 saturated carbocycles. The molecule has 0 aromatic rings. The Morgan fingerprint density at radius 2 is 2.23 bits per heavy atom. The van der Waals surface area contributed by atoms with Gasteiger partial charge in [0.1, 0.15) is 0 Å². The average molecular weight is 204 g/mol. The summed E-state index contributed by atoms with van der Waals surface area (Å²) in [7, 11) is 0. The second kappa shape index (κ2) is 8.38. The number of thioether (sulfide) groups is 1. The van der Waals surface area contributed by atoms with Gasteiger partial charge in [-0.1, -0.05) is 13.8 Å². The van der Waals surface area contributed by atoms with E-state index in [1.165, 1.54) is 0 Å². The maximum absolute atomic E-state index is 11.1. The zero-order valence-corrected chi connectivity index (χ0v) is 9.54. The normalized spacial score (nSPS) is 12.5. The average Bonchev–Trinajstić information content (AvgIpc) is 2.14. The van der Waals surface area contributed by atoms with Gasteiger partial charge in [0.2, 0.25) is 5.91 Å². The Morgan fingerprint density at radius 1 is 1.54 bits per heavy atom. The summed E-state index contributed by atoms with van der Waals surface area (Å²) in [4.78, 5) is 11.1. The Labute approximate surface area is 85.0 Å². The molecule has 78 valence electrons. The van der Waals surface area contributed by atoms with E-state index in [1.54, 1.807) is 11.8 Å². The van der Waals surface area contributed by atoms with E-state index >= 15 is 0 Å². The van der Waals surface area contributed by atoms with Crippen LogP contribution in [0.25, 0.3) is 0 Å². The minimum absolute atomic E-state index is 0.0927. The summed E-state index contributed by atoms with van der Waals surface area (Å²) < 4.78 is 0. The van der Waals surface area contributed by atoms with Crippen LogP contribution < -0.4 is 10.6 Å². The Balaban J connectivity index is 3.26. The van der Waals surface area contributed by atoms with Crippen molar-refractivity contribution >= 4 is 17.7 Å². The highest BCUT2D eigenvalue weighted by molar-refractivity contribution is 7.99. The summed E-state index contributed by atoms with van der Waals surface area (Å²) in [6, 6.07) is 0. The fourth-order valence-electron chi connectivity index (χ4n) is 0.799. The molecule has 1 atom stereocenters. The van der Waals surface area contributed by atoms with E-state index in [9.17, 15) is 4.79 Å². The zero-order valence-electron chi connectivity index (χ0n) is 8.72. The van der Waals surface area contributed by atoms with Gasteiger partial charge in [-0.2, -0.15) is 11.8 Å². The van der Waals surface area contributed by atoms with Crippen LogP contribution in [0, 0.1) is 0 Å². The molecule has 0 aliphatic rings. The Hall–Kier alpha value is -0.220. The Kier molecular flexibility index (Phi) is 8.24. The van der Waals surface area contributed by atoms with Gasteiger partial charge in [0.05, 0.1) is 6.54 Å². The maximum Gasteiger partial charge on any atom is 0.233 e. The summed E-state index contributed by atoms with van der Waals surface area (Å²) >= 11 is 1.80. The van der Waals surface area contributed by atoms with Gasteiger partial charge in [0.25, 0.3) is 0 Å². The van der Waals surface area contributed by atoms with Crippen LogP contribution in [-0.2, 0) is 4.79 Å². The summed E-state index contributed by atoms with van der Waals surface area (Å²) in [6.45, 7) is 6.29. The number of rotatable bonds is 7. The lowest BCUT2D eigenvalue weighted by atomic mass is 10.4. The first-order valence-corrected chi connectivity index (χ1v) is 5.99. The van der Waals surface area contributed by atoms with Crippen LogP contribution in [0.5, 0.6) is 0 Å². The number of hydrogen-bond donors (Lipinski definition) is 2. The van der Waals surface area contributed by atoms with Gasteiger partial charge in [0, 0.05) is 18.3 Å². The van der Waals surface area contributed by atoms with Gasteiger partial charge >= 0.3 is 0 Å². The lowest BCUT2D eigenvalue weighted by Crippen LogP contribution is -2.36. The summed E-state index contributed by atoms with van der Waals surface area (Å²) in [5.41, 5.74) is 0. The van der Waals surface area contributed by atoms with Crippen LogP contribution in [0.15, 0.2) is 0 Å². The molecule has 0 bridgehead atoms. The molecule has 0 aromatic heterocycles. The summed E-state index contributed by atoms with van der Waals surface area (Å²) in [5, 5.41) is 6.50. The molecule has 13 heavy (non-hydrogen) atoms. The monoisotopic (exact) mass is 204 g/mol. The van der Waals surface area contributed by atoms with Crippen LogP contribution in [-0.4, -0.2) is 37.0 Å². The van der Waals surface area contributed by atoms with Gasteiger partial charge in [-0.15, -0.1) is 0 Å². The molecule has 2 N–H and O–H groups in total. The first-order chi connectivity index (χ1) is 6.20. The number of carbonyl (C=O) groups is 1. The molecule has 0 fully saturated rings. The standard InChI is InChI=1S/C9H20N2OS/c1-4-5-11-9(12)7-10-6-8(2)13-3/h8,10H,4-7H2,1-3H3,(H,11,12). The van der Waals surface area contributed by atoms with Crippen LogP contribution in [0.3, 0.4) is 0 Å². The number of hydrogen-bond acceptors (Lipinski definition) is 3. The van der Waals surface area contributed by atoms with E-state index in [1.807, 2.05) is 6.92 Å². The van der Waals surface area contributed by atoms with Gasteiger partial charge in [-0.3, -0.25) is 4.79 Å². The molecule has 4 heteroatoms. The van der Waals surface area contributed by atoms with Crippen molar-refractivity contribution in [1.82, 2.24) is 10.6 Å². The van der Waals surface area contributed by atoms with Gasteiger partial charge in [-0.05, 0) is 12.7 Å². The lowest BCUT2D eigenvalue weighted by molar-refractivity contribution is -0.120. The first-order valence-electron chi connectivity index (χ1n) is 4.70. The minimum Gasteiger partial charge on any atom is -0.355 e. The van der Waals surface area contributed by atoms with E-state index in [4.69, 9.17) is 0 Å². The number of nitrogens with one attached hydrogen (secondary N) is 2. The van der Waals surface area contributed by atoms with E-state index in [-0.39, 0.29) is 5.91 Å². The first kappa shape index (κ1) is 12.8. The third-order valence-corrected chi connectivity index (χ3v) is 2.66. The molecule has 0 aliphatic carbocycles. The highest BCUT2D eigenvalue weighted by Crippen LogP contribution is 2.01. The minimum atomic E-state index is 0.0927. The van der Waals surface area contributed by atoms with E-state index in [0.29, 0.717) is 11.8 Å². The SMILES string of the molecule is CCCNC(=O)CNCC(C)SC. The zero-order chi connectivity index (χ0) is 10.1. The molecule has 0 rings (SSSR count). The van der Waals surface area contributed by atoms with Gasteiger partial charge < -0.3 is 10.6 Å². The number of amides is 1. The quantitative estimate of drug-likeness (QED) is 0.646. The second-order valence-corrected chi connectivity index (χ2v) is 4.30. The van der Waals surface area contributed by atoms with Crippen molar-refractivity contribution in [3.8, 4) is 0 Å². The Morgan fingerprint density at radius 3 is 2.77 bits per heavy atom. The third kappa shape index (κ3) is 8.12. The summed E-state index contributed by atoms with van der Waals surface area (Å²) in [5.74, 6) is 0.0927. The summed E-state index contributed by atoms with van der Waals surface area (Å²) in [6.07, 6.45) is 3.07. The van der Waals surface area contributed by atoms with Crippen molar-refractivity contribution < 1.29 is 4.79 Å². The Bertz CT molecular complexity index is 142. The molecule has 0 spiro atoms. The smallest absolute Gasteiger partial charge is 0.233 e. The number of carbonyl (C=O) groups excluding carboxylic acids is 1. The highest BCUT2D eigenvalue weighted by Gasteiger charge is 2.01. The van der Waals surface area contributed by atoms with Crippen molar-refractivity contribution in [2.75, 3.05) is 25.9 Å². The molecule has 0 aliphatic heterocycles. The van der Waals surface area contributed by atoms with E-state index in [2.05, 4.69) is 23.8 Å². The van der Waals surface area contributed by atoms with Crippen molar-refractivity contribution in [3.63, 3.8) is 0 Å². The van der Waals surface area contributed by atoms with Crippen molar-refractivity contribution in [1.29, 1.82) is 0 Å².